The lowest BCUT2D eigenvalue weighted by Crippen LogP contribution is -2.14. The number of nitrogens with one attached hydrogen (secondary N) is 3. The van der Waals surface area contributed by atoms with Gasteiger partial charge in [0.2, 0.25) is 11.4 Å². The normalized spacial score (nSPS) is 18.1. The first-order chi connectivity index (χ1) is 9.72. The van der Waals surface area contributed by atoms with Crippen LogP contribution in [0.4, 0.5) is 6.01 Å². The molecule has 104 valence electrons. The van der Waals surface area contributed by atoms with Crippen molar-refractivity contribution in [2.45, 2.75) is 18.9 Å². The number of carbonyl (C=O) groups is 1. The zero-order valence-electron chi connectivity index (χ0n) is 10.5. The molecule has 1 amide bonds. The number of anilines is 1. The van der Waals surface area contributed by atoms with E-state index in [4.69, 9.17) is 4.42 Å². The van der Waals surface area contributed by atoms with E-state index in [-0.39, 0.29) is 17.6 Å². The Morgan fingerprint density at radius 2 is 2.30 bits per heavy atom. The summed E-state index contributed by atoms with van der Waals surface area (Å²) < 4.78 is 5.39. The topological polar surface area (TPSA) is 113 Å². The summed E-state index contributed by atoms with van der Waals surface area (Å²) in [6.07, 6.45) is 3.33. The van der Waals surface area contributed by atoms with Gasteiger partial charge in [-0.15, -0.1) is 5.10 Å². The zero-order valence-corrected chi connectivity index (χ0v) is 10.5. The van der Waals surface area contributed by atoms with Crippen molar-refractivity contribution in [1.82, 2.24) is 20.5 Å². The van der Waals surface area contributed by atoms with Gasteiger partial charge in [0.15, 0.2) is 0 Å². The lowest BCUT2D eigenvalue weighted by atomic mass is 10.2. The summed E-state index contributed by atoms with van der Waals surface area (Å²) in [5.74, 6) is 0.0510. The number of pyridine rings is 1. The van der Waals surface area contributed by atoms with Gasteiger partial charge >= 0.3 is 6.01 Å². The van der Waals surface area contributed by atoms with Gasteiger partial charge in [-0.1, -0.05) is 5.10 Å². The van der Waals surface area contributed by atoms with E-state index in [2.05, 4.69) is 25.8 Å². The number of aromatic nitrogens is 3. The van der Waals surface area contributed by atoms with E-state index >= 15 is 0 Å². The quantitative estimate of drug-likeness (QED) is 0.749. The first-order valence-electron chi connectivity index (χ1n) is 6.29. The molecule has 3 N–H and O–H groups in total. The first kappa shape index (κ1) is 12.5. The molecule has 8 nitrogen and oxygen atoms in total. The molecule has 0 aliphatic carbocycles. The maximum atomic E-state index is 11.9. The summed E-state index contributed by atoms with van der Waals surface area (Å²) in [5, 5.41) is 13.4. The van der Waals surface area contributed by atoms with Crippen molar-refractivity contribution in [3.05, 3.63) is 40.1 Å². The molecule has 0 saturated carbocycles. The van der Waals surface area contributed by atoms with Crippen LogP contribution in [-0.4, -0.2) is 27.6 Å². The summed E-state index contributed by atoms with van der Waals surface area (Å²) in [6, 6.07) is 2.80. The lowest BCUT2D eigenvalue weighted by molar-refractivity contribution is 0.102. The van der Waals surface area contributed by atoms with E-state index in [1.807, 2.05) is 0 Å². The average Bonchev–Trinajstić information content (AvgIpc) is 3.09. The Bertz CT molecular complexity index is 651. The van der Waals surface area contributed by atoms with Crippen LogP contribution < -0.4 is 16.2 Å². The summed E-state index contributed by atoms with van der Waals surface area (Å²) in [7, 11) is 0. The van der Waals surface area contributed by atoms with Gasteiger partial charge in [-0.3, -0.25) is 14.9 Å². The van der Waals surface area contributed by atoms with Crippen molar-refractivity contribution < 1.29 is 9.21 Å². The molecular weight excluding hydrogens is 262 g/mol. The Morgan fingerprint density at radius 1 is 1.40 bits per heavy atom. The Kier molecular flexibility index (Phi) is 3.30. The number of hydrogen-bond acceptors (Lipinski definition) is 6. The average molecular weight is 275 g/mol. The van der Waals surface area contributed by atoms with Gasteiger partial charge in [-0.05, 0) is 25.5 Å². The molecule has 8 heteroatoms. The molecule has 1 aliphatic heterocycles. The third kappa shape index (κ3) is 2.59. The molecular formula is C12H13N5O3. The van der Waals surface area contributed by atoms with E-state index in [0.29, 0.717) is 11.5 Å². The Labute approximate surface area is 113 Å². The number of carbonyl (C=O) groups excluding carboxylic acids is 1. The van der Waals surface area contributed by atoms with Crippen LogP contribution in [0.1, 0.15) is 35.1 Å². The third-order valence-corrected chi connectivity index (χ3v) is 3.07. The standard InChI is InChI=1S/C12H13N5O3/c18-9-4-3-7(6-14-9)10(19)15-12-17-16-11(20-12)8-2-1-5-13-8/h3-4,6,8,13H,1-2,5H2,(H,14,18)(H,15,17,19). The zero-order chi connectivity index (χ0) is 13.9. The van der Waals surface area contributed by atoms with Crippen molar-refractivity contribution in [3.63, 3.8) is 0 Å². The summed E-state index contributed by atoms with van der Waals surface area (Å²) in [6.45, 7) is 0.923. The molecule has 0 radical (unpaired) electrons. The van der Waals surface area contributed by atoms with Crippen molar-refractivity contribution in [2.75, 3.05) is 11.9 Å². The second-order valence-electron chi connectivity index (χ2n) is 4.49. The van der Waals surface area contributed by atoms with E-state index in [1.165, 1.54) is 18.3 Å². The predicted octanol–water partition coefficient (Wildman–Crippen LogP) is 0.435. The molecule has 3 heterocycles. The molecule has 0 aromatic carbocycles. The number of amides is 1. The molecule has 2 aromatic heterocycles. The minimum Gasteiger partial charge on any atom is -0.406 e. The van der Waals surface area contributed by atoms with E-state index < -0.39 is 5.91 Å². The van der Waals surface area contributed by atoms with Gasteiger partial charge in [-0.2, -0.15) is 0 Å². The number of H-pyrrole nitrogens is 1. The third-order valence-electron chi connectivity index (χ3n) is 3.07. The summed E-state index contributed by atoms with van der Waals surface area (Å²) in [4.78, 5) is 25.2. The van der Waals surface area contributed by atoms with Crippen LogP contribution in [0.25, 0.3) is 0 Å². The molecule has 0 spiro atoms. The van der Waals surface area contributed by atoms with Gasteiger partial charge in [0, 0.05) is 12.3 Å². The molecule has 1 aliphatic rings. The molecule has 0 bridgehead atoms. The Hall–Kier alpha value is -2.48. The molecule has 1 fully saturated rings. The van der Waals surface area contributed by atoms with Gasteiger partial charge in [0.1, 0.15) is 0 Å². The summed E-state index contributed by atoms with van der Waals surface area (Å²) >= 11 is 0. The number of hydrogen-bond donors (Lipinski definition) is 3. The minimum atomic E-state index is -0.421. The maximum absolute atomic E-state index is 11.9. The van der Waals surface area contributed by atoms with E-state index in [9.17, 15) is 9.59 Å². The molecule has 3 rings (SSSR count). The highest BCUT2D eigenvalue weighted by atomic mass is 16.4. The monoisotopic (exact) mass is 275 g/mol. The maximum Gasteiger partial charge on any atom is 0.322 e. The highest BCUT2D eigenvalue weighted by Crippen LogP contribution is 2.22. The Morgan fingerprint density at radius 3 is 3.00 bits per heavy atom. The van der Waals surface area contributed by atoms with Crippen molar-refractivity contribution in [1.29, 1.82) is 0 Å². The van der Waals surface area contributed by atoms with Crippen LogP contribution in [0.3, 0.4) is 0 Å². The first-order valence-corrected chi connectivity index (χ1v) is 6.29. The van der Waals surface area contributed by atoms with Gasteiger partial charge < -0.3 is 14.7 Å². The SMILES string of the molecule is O=C(Nc1nnc(C2CCCN2)o1)c1ccc(=O)[nH]c1. The van der Waals surface area contributed by atoms with Gasteiger partial charge in [-0.25, -0.2) is 0 Å². The molecule has 1 atom stereocenters. The number of aromatic amines is 1. The van der Waals surface area contributed by atoms with Crippen molar-refractivity contribution >= 4 is 11.9 Å². The fraction of sp³-hybridized carbons (Fsp3) is 0.333. The fourth-order valence-electron chi connectivity index (χ4n) is 2.04. The van der Waals surface area contributed by atoms with Crippen molar-refractivity contribution in [2.24, 2.45) is 0 Å². The molecule has 1 saturated heterocycles. The number of rotatable bonds is 3. The Balaban J connectivity index is 1.69. The van der Waals surface area contributed by atoms with Crippen LogP contribution in [0.5, 0.6) is 0 Å². The second kappa shape index (κ2) is 5.25. The van der Waals surface area contributed by atoms with Crippen LogP contribution in [0.2, 0.25) is 0 Å². The van der Waals surface area contributed by atoms with Crippen LogP contribution in [-0.2, 0) is 0 Å². The van der Waals surface area contributed by atoms with Gasteiger partial charge in [0.25, 0.3) is 5.91 Å². The predicted molar refractivity (Wildman–Crippen MR) is 69.3 cm³/mol. The fourth-order valence-corrected chi connectivity index (χ4v) is 2.04. The molecule has 1 unspecified atom stereocenters. The van der Waals surface area contributed by atoms with Crippen molar-refractivity contribution in [3.8, 4) is 0 Å². The largest absolute Gasteiger partial charge is 0.406 e. The van der Waals surface area contributed by atoms with Crippen LogP contribution >= 0.6 is 0 Å². The van der Waals surface area contributed by atoms with E-state index in [1.54, 1.807) is 0 Å². The number of nitrogens with zero attached hydrogens (tertiary/aromatic N) is 2. The lowest BCUT2D eigenvalue weighted by Gasteiger charge is -2.02. The van der Waals surface area contributed by atoms with E-state index in [0.717, 1.165) is 19.4 Å². The minimum absolute atomic E-state index is 0.0462. The molecule has 20 heavy (non-hydrogen) atoms. The highest BCUT2D eigenvalue weighted by Gasteiger charge is 2.22. The smallest absolute Gasteiger partial charge is 0.322 e. The van der Waals surface area contributed by atoms with Crippen LogP contribution in [0.15, 0.2) is 27.5 Å². The highest BCUT2D eigenvalue weighted by molar-refractivity contribution is 6.02. The van der Waals surface area contributed by atoms with Gasteiger partial charge in [0.05, 0.1) is 11.6 Å². The summed E-state index contributed by atoms with van der Waals surface area (Å²) in [5.41, 5.74) is 0.0391. The molecule has 2 aromatic rings. The van der Waals surface area contributed by atoms with Crippen LogP contribution in [0, 0.1) is 0 Å². The second-order valence-corrected chi connectivity index (χ2v) is 4.49.